The molecule has 1 aromatic carbocycles. The molecule has 1 aliphatic rings. The van der Waals surface area contributed by atoms with Crippen molar-refractivity contribution < 1.29 is 4.58 Å². The Bertz CT molecular complexity index is 397. The maximum Gasteiger partial charge on any atom is 0.276 e. The van der Waals surface area contributed by atoms with E-state index in [2.05, 4.69) is 43.5 Å². The van der Waals surface area contributed by atoms with Gasteiger partial charge >= 0.3 is 0 Å². The fourth-order valence-electron chi connectivity index (χ4n) is 1.91. The molecule has 0 fully saturated rings. The molecule has 0 saturated heterocycles. The summed E-state index contributed by atoms with van der Waals surface area (Å²) in [6.07, 6.45) is 0. The van der Waals surface area contributed by atoms with Crippen LogP contribution in [0.2, 0.25) is 0 Å². The van der Waals surface area contributed by atoms with Gasteiger partial charge in [-0.2, -0.15) is 0 Å². The van der Waals surface area contributed by atoms with Crippen LogP contribution in [0.4, 0.5) is 0 Å². The van der Waals surface area contributed by atoms with Crippen LogP contribution in [0.15, 0.2) is 24.3 Å². The van der Waals surface area contributed by atoms with Crippen molar-refractivity contribution in [3.8, 4) is 0 Å². The molecule has 0 aliphatic carbocycles. The van der Waals surface area contributed by atoms with E-state index in [9.17, 15) is 0 Å². The van der Waals surface area contributed by atoms with Crippen LogP contribution < -0.4 is 5.73 Å². The quantitative estimate of drug-likeness (QED) is 0.619. The Kier molecular flexibility index (Phi) is 1.88. The summed E-state index contributed by atoms with van der Waals surface area (Å²) in [5.41, 5.74) is 8.75. The zero-order chi connectivity index (χ0) is 10.3. The maximum atomic E-state index is 6.12. The number of hydrogen-bond donors (Lipinski definition) is 1. The van der Waals surface area contributed by atoms with E-state index in [0.717, 1.165) is 12.4 Å². The van der Waals surface area contributed by atoms with Crippen molar-refractivity contribution in [2.75, 3.05) is 0 Å². The Balaban J connectivity index is 2.50. The molecule has 0 bridgehead atoms. The van der Waals surface area contributed by atoms with E-state index in [1.807, 2.05) is 6.07 Å². The molecule has 0 aromatic heterocycles. The van der Waals surface area contributed by atoms with Crippen molar-refractivity contribution >= 4 is 5.84 Å². The highest BCUT2D eigenvalue weighted by molar-refractivity contribution is 5.96. The number of nitrogens with zero attached hydrogens (tertiary/aromatic N) is 1. The molecule has 0 radical (unpaired) electrons. The van der Waals surface area contributed by atoms with Crippen LogP contribution >= 0.6 is 0 Å². The first-order valence-corrected chi connectivity index (χ1v) is 4.98. The number of nitrogens with two attached hydrogens (primary N) is 1. The predicted molar refractivity (Wildman–Crippen MR) is 58.5 cm³/mol. The van der Waals surface area contributed by atoms with Crippen LogP contribution in [0.3, 0.4) is 0 Å². The summed E-state index contributed by atoms with van der Waals surface area (Å²) in [6.45, 7) is 7.49. The summed E-state index contributed by atoms with van der Waals surface area (Å²) >= 11 is 0. The molecule has 2 heteroatoms. The predicted octanol–water partition coefficient (Wildman–Crippen LogP) is 1.72. The highest BCUT2D eigenvalue weighted by Crippen LogP contribution is 2.21. The van der Waals surface area contributed by atoms with Crippen molar-refractivity contribution in [1.82, 2.24) is 0 Å². The van der Waals surface area contributed by atoms with Crippen molar-refractivity contribution in [1.29, 1.82) is 0 Å². The van der Waals surface area contributed by atoms with Crippen molar-refractivity contribution in [3.05, 3.63) is 35.4 Å². The Labute approximate surface area is 85.1 Å². The lowest BCUT2D eigenvalue weighted by molar-refractivity contribution is -0.607. The van der Waals surface area contributed by atoms with Gasteiger partial charge in [0, 0.05) is 5.56 Å². The normalized spacial score (nSPS) is 15.9. The molecule has 2 nitrogen and oxygen atoms in total. The first-order chi connectivity index (χ1) is 6.50. The van der Waals surface area contributed by atoms with Crippen LogP contribution in [0.5, 0.6) is 0 Å². The van der Waals surface area contributed by atoms with E-state index < -0.39 is 0 Å². The number of benzene rings is 1. The summed E-state index contributed by atoms with van der Waals surface area (Å²) in [7, 11) is 0. The average molecular weight is 189 g/mol. The van der Waals surface area contributed by atoms with Crippen molar-refractivity contribution in [3.63, 3.8) is 0 Å². The molecule has 0 saturated carbocycles. The van der Waals surface area contributed by atoms with Crippen LogP contribution in [-0.2, 0) is 6.54 Å². The molecule has 1 aromatic rings. The van der Waals surface area contributed by atoms with Crippen LogP contribution in [0, 0.1) is 0 Å². The molecule has 74 valence electrons. The van der Waals surface area contributed by atoms with Gasteiger partial charge in [0.15, 0.2) is 0 Å². The summed E-state index contributed by atoms with van der Waals surface area (Å²) in [6, 6.07) is 8.35. The fourth-order valence-corrected chi connectivity index (χ4v) is 1.91. The van der Waals surface area contributed by atoms with E-state index >= 15 is 0 Å². The number of fused-ring (bicyclic) bond motifs is 1. The van der Waals surface area contributed by atoms with E-state index in [4.69, 9.17) is 5.73 Å². The molecule has 0 atom stereocenters. The standard InChI is InChI=1S/C12H16N2/c1-12(2,3)14-8-9-6-4-5-7-10(9)11(14)13/h4-7,13H,8H2,1-3H3/p+1. The second-order valence-electron chi connectivity index (χ2n) is 4.80. The van der Waals surface area contributed by atoms with Crippen LogP contribution in [0.1, 0.15) is 31.9 Å². The van der Waals surface area contributed by atoms with Gasteiger partial charge in [-0.05, 0) is 26.8 Å². The van der Waals surface area contributed by atoms with E-state index in [-0.39, 0.29) is 5.54 Å². The molecule has 0 spiro atoms. The third kappa shape index (κ3) is 1.31. The highest BCUT2D eigenvalue weighted by Gasteiger charge is 2.31. The van der Waals surface area contributed by atoms with Gasteiger partial charge in [-0.3, -0.25) is 10.3 Å². The monoisotopic (exact) mass is 189 g/mol. The topological polar surface area (TPSA) is 29.0 Å². The lowest BCUT2D eigenvalue weighted by Crippen LogP contribution is -2.37. The molecular weight excluding hydrogens is 172 g/mol. The molecular formula is C12H17N2+. The van der Waals surface area contributed by atoms with Gasteiger partial charge in [-0.25, -0.2) is 0 Å². The molecule has 2 N–H and O–H groups in total. The maximum absolute atomic E-state index is 6.12. The van der Waals surface area contributed by atoms with Crippen LogP contribution in [-0.4, -0.2) is 16.0 Å². The van der Waals surface area contributed by atoms with Gasteiger partial charge in [-0.15, -0.1) is 0 Å². The Morgan fingerprint density at radius 3 is 2.43 bits per heavy atom. The van der Waals surface area contributed by atoms with Crippen LogP contribution in [0.25, 0.3) is 0 Å². The van der Waals surface area contributed by atoms with E-state index in [1.165, 1.54) is 11.1 Å². The zero-order valence-corrected chi connectivity index (χ0v) is 9.04. The van der Waals surface area contributed by atoms with Crippen molar-refractivity contribution in [2.24, 2.45) is 5.73 Å². The summed E-state index contributed by atoms with van der Waals surface area (Å²) in [4.78, 5) is 0. The molecule has 0 unspecified atom stereocenters. The number of amidine groups is 1. The minimum absolute atomic E-state index is 0.100. The Morgan fingerprint density at radius 2 is 1.86 bits per heavy atom. The van der Waals surface area contributed by atoms with Gasteiger partial charge in [0.25, 0.3) is 5.84 Å². The molecule has 2 rings (SSSR count). The summed E-state index contributed by atoms with van der Waals surface area (Å²) in [5, 5.41) is 0. The minimum Gasteiger partial charge on any atom is -0.287 e. The third-order valence-corrected chi connectivity index (χ3v) is 2.72. The second kappa shape index (κ2) is 2.84. The van der Waals surface area contributed by atoms with Gasteiger partial charge < -0.3 is 0 Å². The largest absolute Gasteiger partial charge is 0.287 e. The fraction of sp³-hybridized carbons (Fsp3) is 0.417. The van der Waals surface area contributed by atoms with E-state index in [1.54, 1.807) is 0 Å². The summed E-state index contributed by atoms with van der Waals surface area (Å²) < 4.78 is 2.25. The molecule has 0 amide bonds. The Morgan fingerprint density at radius 1 is 1.21 bits per heavy atom. The molecule has 14 heavy (non-hydrogen) atoms. The van der Waals surface area contributed by atoms with Gasteiger partial charge in [0.1, 0.15) is 6.54 Å². The van der Waals surface area contributed by atoms with E-state index in [0.29, 0.717) is 0 Å². The van der Waals surface area contributed by atoms with Crippen molar-refractivity contribution in [2.45, 2.75) is 32.9 Å². The number of rotatable bonds is 0. The third-order valence-electron chi connectivity index (χ3n) is 2.72. The first kappa shape index (κ1) is 9.25. The number of hydrogen-bond acceptors (Lipinski definition) is 1. The summed E-state index contributed by atoms with van der Waals surface area (Å²) in [5.74, 6) is 0.910. The molecule has 1 aliphatic heterocycles. The molecule has 1 heterocycles. The minimum atomic E-state index is 0.100. The van der Waals surface area contributed by atoms with Gasteiger partial charge in [-0.1, -0.05) is 18.2 Å². The van der Waals surface area contributed by atoms with Gasteiger partial charge in [0.2, 0.25) is 0 Å². The first-order valence-electron chi connectivity index (χ1n) is 4.98. The smallest absolute Gasteiger partial charge is 0.276 e. The highest BCUT2D eigenvalue weighted by atomic mass is 15.1. The Hall–Kier alpha value is -1.31. The van der Waals surface area contributed by atoms with Gasteiger partial charge in [0.05, 0.1) is 11.1 Å². The SMILES string of the molecule is CC(C)(C)[N+]1=C(N)c2ccccc2C1. The lowest BCUT2D eigenvalue weighted by atomic mass is 10.1. The zero-order valence-electron chi connectivity index (χ0n) is 9.04. The average Bonchev–Trinajstić information content (AvgIpc) is 2.44. The lowest BCUT2D eigenvalue weighted by Gasteiger charge is -2.19. The second-order valence-corrected chi connectivity index (χ2v) is 4.80.